The van der Waals surface area contributed by atoms with Crippen LogP contribution in [0.4, 0.5) is 5.69 Å². The highest BCUT2D eigenvalue weighted by atomic mass is 32.2. The van der Waals surface area contributed by atoms with Crippen LogP contribution in [0.25, 0.3) is 10.9 Å². The van der Waals surface area contributed by atoms with E-state index in [4.69, 9.17) is 11.1 Å². The number of sulfonamides is 1. The monoisotopic (exact) mass is 527 g/mol. The molecule has 0 spiro atoms. The molecule has 2 unspecified atom stereocenters. The highest BCUT2D eigenvalue weighted by molar-refractivity contribution is 7.89. The highest BCUT2D eigenvalue weighted by Gasteiger charge is 2.34. The van der Waals surface area contributed by atoms with Gasteiger partial charge in [0.15, 0.2) is 4.90 Å². The van der Waals surface area contributed by atoms with Crippen molar-refractivity contribution in [3.63, 3.8) is 0 Å². The smallest absolute Gasteiger partial charge is 0.289 e. The van der Waals surface area contributed by atoms with E-state index in [2.05, 4.69) is 20.3 Å². The largest absolute Gasteiger partial charge is 0.386 e. The molecule has 12 nitrogen and oxygen atoms in total. The fourth-order valence-corrected chi connectivity index (χ4v) is 6.03. The summed E-state index contributed by atoms with van der Waals surface area (Å²) in [6.45, 7) is 1.38. The number of hydrogen-bond donors (Lipinski definition) is 6. The molecule has 1 aromatic heterocycles. The van der Waals surface area contributed by atoms with E-state index in [0.29, 0.717) is 12.1 Å². The number of para-hydroxylation sites is 2. The Hall–Kier alpha value is -3.81. The van der Waals surface area contributed by atoms with Gasteiger partial charge in [0.2, 0.25) is 15.9 Å². The summed E-state index contributed by atoms with van der Waals surface area (Å²) in [6.07, 6.45) is 3.25. The van der Waals surface area contributed by atoms with E-state index in [1.807, 2.05) is 24.3 Å². The third-order valence-corrected chi connectivity index (χ3v) is 8.02. The molecule has 1 saturated heterocycles. The van der Waals surface area contributed by atoms with Gasteiger partial charge in [-0.2, -0.15) is 4.72 Å². The summed E-state index contributed by atoms with van der Waals surface area (Å²) in [5.41, 5.74) is 6.71. The third kappa shape index (κ3) is 5.96. The number of benzene rings is 2. The van der Waals surface area contributed by atoms with Crippen LogP contribution in [0.15, 0.2) is 59.6 Å². The molecule has 196 valence electrons. The summed E-state index contributed by atoms with van der Waals surface area (Å²) in [5.74, 6) is -1.04. The Morgan fingerprint density at radius 1 is 1.22 bits per heavy atom. The first-order valence-corrected chi connectivity index (χ1v) is 13.3. The molecule has 1 aliphatic rings. The van der Waals surface area contributed by atoms with Gasteiger partial charge in [0, 0.05) is 29.7 Å². The van der Waals surface area contributed by atoms with Crippen molar-refractivity contribution in [2.75, 3.05) is 13.1 Å². The van der Waals surface area contributed by atoms with E-state index in [9.17, 15) is 23.3 Å². The van der Waals surface area contributed by atoms with Crippen LogP contribution in [0.2, 0.25) is 0 Å². The van der Waals surface area contributed by atoms with E-state index in [1.54, 1.807) is 6.20 Å². The molecule has 7 N–H and O–H groups in total. The van der Waals surface area contributed by atoms with Crippen molar-refractivity contribution in [1.29, 1.82) is 5.41 Å². The maximum Gasteiger partial charge on any atom is 0.289 e. The number of amidine groups is 1. The molecule has 3 atom stereocenters. The zero-order valence-electron chi connectivity index (χ0n) is 19.9. The number of H-pyrrole nitrogens is 1. The number of amides is 1. The second-order valence-corrected chi connectivity index (χ2v) is 10.7. The molecule has 13 heteroatoms. The number of nitro benzene ring substituents is 1. The first kappa shape index (κ1) is 26.3. The van der Waals surface area contributed by atoms with Crippen molar-refractivity contribution >= 4 is 38.4 Å². The first-order valence-electron chi connectivity index (χ1n) is 11.8. The van der Waals surface area contributed by atoms with Crippen molar-refractivity contribution < 1.29 is 18.1 Å². The molecule has 2 aromatic carbocycles. The van der Waals surface area contributed by atoms with Gasteiger partial charge in [-0.15, -0.1) is 0 Å². The summed E-state index contributed by atoms with van der Waals surface area (Å²) in [6, 6.07) is 10.2. The zero-order valence-corrected chi connectivity index (χ0v) is 20.8. The molecular weight excluding hydrogens is 498 g/mol. The topological polar surface area (TPSA) is 196 Å². The first-order chi connectivity index (χ1) is 17.7. The molecule has 1 amide bonds. The number of fused-ring (bicyclic) bond motifs is 1. The van der Waals surface area contributed by atoms with Crippen molar-refractivity contribution in [3.8, 4) is 0 Å². The predicted molar refractivity (Wildman–Crippen MR) is 139 cm³/mol. The predicted octanol–water partition coefficient (Wildman–Crippen LogP) is 1.39. The van der Waals surface area contributed by atoms with Gasteiger partial charge in [0.25, 0.3) is 5.69 Å². The van der Waals surface area contributed by atoms with Gasteiger partial charge >= 0.3 is 0 Å². The highest BCUT2D eigenvalue weighted by Crippen LogP contribution is 2.25. The Morgan fingerprint density at radius 2 is 1.95 bits per heavy atom. The van der Waals surface area contributed by atoms with E-state index in [-0.39, 0.29) is 18.2 Å². The van der Waals surface area contributed by atoms with E-state index >= 15 is 0 Å². The van der Waals surface area contributed by atoms with Crippen LogP contribution in [-0.4, -0.2) is 55.2 Å². The molecule has 3 aromatic rings. The van der Waals surface area contributed by atoms with Crippen LogP contribution >= 0.6 is 0 Å². The van der Waals surface area contributed by atoms with Crippen LogP contribution in [-0.2, 0) is 21.2 Å². The SMILES string of the molecule is N=C(N)C(NC(=O)[C@@H](Cc1c[nH]c2ccccc12)NS(=O)(=O)c1ccccc1[N+](=O)[O-])C1CCCNC1. The van der Waals surface area contributed by atoms with Gasteiger partial charge in [-0.1, -0.05) is 30.3 Å². The molecule has 0 aliphatic carbocycles. The number of rotatable bonds is 10. The zero-order chi connectivity index (χ0) is 26.6. The van der Waals surface area contributed by atoms with Crippen molar-refractivity contribution in [2.45, 2.75) is 36.2 Å². The van der Waals surface area contributed by atoms with Gasteiger partial charge < -0.3 is 21.4 Å². The normalized spacial score (nSPS) is 17.7. The van der Waals surface area contributed by atoms with E-state index in [0.717, 1.165) is 42.4 Å². The average Bonchev–Trinajstić information content (AvgIpc) is 3.29. The number of carbonyl (C=O) groups excluding carboxylic acids is 1. The Kier molecular flexibility index (Phi) is 7.86. The number of piperidine rings is 1. The minimum atomic E-state index is -4.48. The van der Waals surface area contributed by atoms with Gasteiger partial charge in [0.05, 0.1) is 11.0 Å². The Labute approximate surface area is 213 Å². The van der Waals surface area contributed by atoms with Crippen molar-refractivity contribution in [2.24, 2.45) is 11.7 Å². The maximum absolute atomic E-state index is 13.5. The summed E-state index contributed by atoms with van der Waals surface area (Å²) in [7, 11) is -4.48. The Balaban J connectivity index is 1.67. The number of hydrogen-bond acceptors (Lipinski definition) is 7. The van der Waals surface area contributed by atoms with Crippen LogP contribution in [0.3, 0.4) is 0 Å². The van der Waals surface area contributed by atoms with Crippen LogP contribution in [0, 0.1) is 21.4 Å². The number of nitrogens with one attached hydrogen (secondary N) is 5. The maximum atomic E-state index is 13.5. The van der Waals surface area contributed by atoms with E-state index < -0.39 is 43.5 Å². The molecule has 37 heavy (non-hydrogen) atoms. The molecule has 1 fully saturated rings. The number of nitrogens with two attached hydrogens (primary N) is 1. The lowest BCUT2D eigenvalue weighted by Crippen LogP contribution is -2.57. The lowest BCUT2D eigenvalue weighted by atomic mass is 9.90. The number of carbonyl (C=O) groups is 1. The summed E-state index contributed by atoms with van der Waals surface area (Å²) < 4.78 is 29.0. The molecule has 2 heterocycles. The summed E-state index contributed by atoms with van der Waals surface area (Å²) in [5, 5.41) is 26.3. The molecule has 0 radical (unpaired) electrons. The molecule has 0 saturated carbocycles. The van der Waals surface area contributed by atoms with Crippen LogP contribution in [0.5, 0.6) is 0 Å². The fraction of sp³-hybridized carbons (Fsp3) is 0.333. The van der Waals surface area contributed by atoms with Crippen LogP contribution in [0.1, 0.15) is 18.4 Å². The average molecular weight is 528 g/mol. The lowest BCUT2D eigenvalue weighted by Gasteiger charge is -2.31. The molecule has 1 aliphatic heterocycles. The Morgan fingerprint density at radius 3 is 2.65 bits per heavy atom. The van der Waals surface area contributed by atoms with Crippen molar-refractivity contribution in [3.05, 3.63) is 70.4 Å². The summed E-state index contributed by atoms with van der Waals surface area (Å²) in [4.78, 5) is 26.8. The number of nitrogens with zero attached hydrogens (tertiary/aromatic N) is 1. The minimum Gasteiger partial charge on any atom is -0.386 e. The molecular formula is C24H29N7O5S. The number of nitro groups is 1. The van der Waals surface area contributed by atoms with Crippen LogP contribution < -0.4 is 21.1 Å². The third-order valence-electron chi connectivity index (χ3n) is 6.50. The molecule has 0 bridgehead atoms. The van der Waals surface area contributed by atoms with Gasteiger partial charge in [-0.05, 0) is 49.4 Å². The van der Waals surface area contributed by atoms with Gasteiger partial charge in [-0.3, -0.25) is 20.3 Å². The lowest BCUT2D eigenvalue weighted by molar-refractivity contribution is -0.387. The quantitative estimate of drug-likeness (QED) is 0.0991. The second-order valence-electron chi connectivity index (χ2n) is 9.01. The molecule has 4 rings (SSSR count). The number of aromatic amines is 1. The summed E-state index contributed by atoms with van der Waals surface area (Å²) >= 11 is 0. The number of aromatic nitrogens is 1. The van der Waals surface area contributed by atoms with E-state index in [1.165, 1.54) is 12.1 Å². The van der Waals surface area contributed by atoms with Crippen molar-refractivity contribution in [1.82, 2.24) is 20.3 Å². The standard InChI is InChI=1S/C24H29N7O5S/c25-23(26)22(15-6-5-11-27-13-15)29-24(32)19(12-16-14-28-18-8-2-1-7-17(16)18)30-37(35,36)21-10-4-3-9-20(21)31(33)34/h1-4,7-10,14-15,19,22,27-28,30H,5-6,11-13H2,(H3,25,26)(H,29,32)/t15?,19-,22?/m1/s1. The second kappa shape index (κ2) is 11.1. The Bertz CT molecular complexity index is 1420. The van der Waals surface area contributed by atoms with Gasteiger partial charge in [-0.25, -0.2) is 8.42 Å². The van der Waals surface area contributed by atoms with Gasteiger partial charge in [0.1, 0.15) is 11.9 Å². The fourth-order valence-electron chi connectivity index (χ4n) is 4.66. The minimum absolute atomic E-state index is 0.0384.